The molecule has 1 aromatic heterocycles. The van der Waals surface area contributed by atoms with Gasteiger partial charge in [0.25, 0.3) is 5.91 Å². The molecule has 4 nitrogen and oxygen atoms in total. The minimum atomic E-state index is -0.336. The number of benzene rings is 2. The van der Waals surface area contributed by atoms with Crippen molar-refractivity contribution < 1.29 is 9.18 Å². The van der Waals surface area contributed by atoms with Crippen LogP contribution < -0.4 is 4.90 Å². The molecule has 0 spiro atoms. The number of rotatable bonds is 2. The van der Waals surface area contributed by atoms with E-state index in [1.807, 2.05) is 18.2 Å². The number of fused-ring (bicyclic) bond motifs is 1. The highest BCUT2D eigenvalue weighted by atomic mass is 35.5. The van der Waals surface area contributed by atoms with Gasteiger partial charge in [-0.2, -0.15) is 0 Å². The molecule has 128 valence electrons. The number of hydrogen-bond acceptors (Lipinski definition) is 4. The highest BCUT2D eigenvalue weighted by Gasteiger charge is 2.24. The number of aromatic nitrogens is 1. The molecule has 7 heteroatoms. The fraction of sp³-hybridized carbons (Fsp3) is 0.222. The van der Waals surface area contributed by atoms with Crippen molar-refractivity contribution in [2.45, 2.75) is 0 Å². The lowest BCUT2D eigenvalue weighted by Gasteiger charge is -2.34. The van der Waals surface area contributed by atoms with Crippen LogP contribution in [0.15, 0.2) is 42.5 Å². The van der Waals surface area contributed by atoms with Crippen molar-refractivity contribution in [1.29, 1.82) is 0 Å². The SMILES string of the molecule is O=C(c1ccc(F)cc1)N1CCN(c2nc3ccc(Cl)cc3s2)CC1. The molecule has 0 atom stereocenters. The Labute approximate surface area is 153 Å². The number of thiazole rings is 1. The molecule has 1 fully saturated rings. The second kappa shape index (κ2) is 6.61. The van der Waals surface area contributed by atoms with E-state index in [2.05, 4.69) is 9.88 Å². The molecule has 2 heterocycles. The second-order valence-electron chi connectivity index (χ2n) is 5.89. The maximum absolute atomic E-state index is 13.0. The molecular formula is C18H15ClFN3OS. The van der Waals surface area contributed by atoms with Crippen LogP contribution >= 0.6 is 22.9 Å². The third kappa shape index (κ3) is 3.32. The van der Waals surface area contributed by atoms with Crippen molar-refractivity contribution in [3.05, 3.63) is 58.9 Å². The van der Waals surface area contributed by atoms with Gasteiger partial charge in [0.1, 0.15) is 5.82 Å². The van der Waals surface area contributed by atoms with Gasteiger partial charge in [0.2, 0.25) is 0 Å². The fourth-order valence-corrected chi connectivity index (χ4v) is 4.19. The van der Waals surface area contributed by atoms with Crippen molar-refractivity contribution in [3.63, 3.8) is 0 Å². The average Bonchev–Trinajstić information content (AvgIpc) is 3.05. The van der Waals surface area contributed by atoms with Gasteiger partial charge in [-0.3, -0.25) is 4.79 Å². The lowest BCUT2D eigenvalue weighted by atomic mass is 10.2. The topological polar surface area (TPSA) is 36.4 Å². The first-order chi connectivity index (χ1) is 12.1. The fourth-order valence-electron chi connectivity index (χ4n) is 2.90. The highest BCUT2D eigenvalue weighted by Crippen LogP contribution is 2.31. The number of amides is 1. The van der Waals surface area contributed by atoms with Crippen LogP contribution in [0.2, 0.25) is 5.02 Å². The smallest absolute Gasteiger partial charge is 0.253 e. The number of carbonyl (C=O) groups excluding carboxylic acids is 1. The number of halogens is 2. The Bertz CT molecular complexity index is 920. The quantitative estimate of drug-likeness (QED) is 0.678. The van der Waals surface area contributed by atoms with E-state index in [0.717, 1.165) is 28.4 Å². The summed E-state index contributed by atoms with van der Waals surface area (Å²) in [6.45, 7) is 2.68. The molecule has 4 rings (SSSR count). The molecule has 0 unspecified atom stereocenters. The Kier molecular flexibility index (Phi) is 4.31. The molecule has 0 radical (unpaired) electrons. The van der Waals surface area contributed by atoms with Crippen molar-refractivity contribution in [2.24, 2.45) is 0 Å². The predicted octanol–water partition coefficient (Wildman–Crippen LogP) is 4.05. The Morgan fingerprint density at radius 3 is 2.52 bits per heavy atom. The van der Waals surface area contributed by atoms with E-state index in [0.29, 0.717) is 23.7 Å². The van der Waals surface area contributed by atoms with Gasteiger partial charge >= 0.3 is 0 Å². The summed E-state index contributed by atoms with van der Waals surface area (Å²) in [4.78, 5) is 21.1. The number of nitrogens with zero attached hydrogens (tertiary/aromatic N) is 3. The number of piperazine rings is 1. The standard InChI is InChI=1S/C18H15ClFN3OS/c19-13-3-6-15-16(11-13)25-18(21-15)23-9-7-22(8-10-23)17(24)12-1-4-14(20)5-2-12/h1-6,11H,7-10H2. The van der Waals surface area contributed by atoms with Crippen molar-refractivity contribution >= 4 is 44.2 Å². The van der Waals surface area contributed by atoms with E-state index >= 15 is 0 Å². The van der Waals surface area contributed by atoms with E-state index in [9.17, 15) is 9.18 Å². The van der Waals surface area contributed by atoms with E-state index < -0.39 is 0 Å². The summed E-state index contributed by atoms with van der Waals surface area (Å²) < 4.78 is 14.1. The van der Waals surface area contributed by atoms with Crippen molar-refractivity contribution in [1.82, 2.24) is 9.88 Å². The molecule has 25 heavy (non-hydrogen) atoms. The van der Waals surface area contributed by atoms with Crippen molar-refractivity contribution in [2.75, 3.05) is 31.1 Å². The minimum absolute atomic E-state index is 0.0595. The third-order valence-corrected chi connectivity index (χ3v) is 5.58. The van der Waals surface area contributed by atoms with Gasteiger partial charge in [-0.15, -0.1) is 0 Å². The minimum Gasteiger partial charge on any atom is -0.345 e. The molecule has 1 amide bonds. The Morgan fingerprint density at radius 1 is 1.08 bits per heavy atom. The van der Waals surface area contributed by atoms with Gasteiger partial charge in [-0.25, -0.2) is 9.37 Å². The highest BCUT2D eigenvalue weighted by molar-refractivity contribution is 7.22. The molecule has 1 saturated heterocycles. The normalized spacial score (nSPS) is 15.0. The van der Waals surface area contributed by atoms with Crippen LogP contribution in [-0.4, -0.2) is 42.0 Å². The van der Waals surface area contributed by atoms with Gasteiger partial charge in [0, 0.05) is 36.8 Å². The number of hydrogen-bond donors (Lipinski definition) is 0. The number of anilines is 1. The summed E-state index contributed by atoms with van der Waals surface area (Å²) in [5.41, 5.74) is 1.46. The van der Waals surface area contributed by atoms with Crippen LogP contribution in [-0.2, 0) is 0 Å². The molecule has 1 aliphatic rings. The van der Waals surface area contributed by atoms with Gasteiger partial charge < -0.3 is 9.80 Å². The van der Waals surface area contributed by atoms with Crippen LogP contribution in [0.4, 0.5) is 9.52 Å². The molecule has 0 N–H and O–H groups in total. The van der Waals surface area contributed by atoms with Crippen LogP contribution in [0.3, 0.4) is 0 Å². The lowest BCUT2D eigenvalue weighted by molar-refractivity contribution is 0.0746. The van der Waals surface area contributed by atoms with E-state index in [-0.39, 0.29) is 11.7 Å². The van der Waals surface area contributed by atoms with Crippen LogP contribution in [0.25, 0.3) is 10.2 Å². The molecular weight excluding hydrogens is 361 g/mol. The average molecular weight is 376 g/mol. The van der Waals surface area contributed by atoms with E-state index in [4.69, 9.17) is 11.6 Å². The third-order valence-electron chi connectivity index (χ3n) is 4.27. The first kappa shape index (κ1) is 16.3. The summed E-state index contributed by atoms with van der Waals surface area (Å²) in [5.74, 6) is -0.395. The maximum atomic E-state index is 13.0. The second-order valence-corrected chi connectivity index (χ2v) is 7.34. The molecule has 0 aliphatic carbocycles. The summed E-state index contributed by atoms with van der Waals surface area (Å²) in [6, 6.07) is 11.4. The number of carbonyl (C=O) groups is 1. The summed E-state index contributed by atoms with van der Waals surface area (Å²) >= 11 is 7.64. The molecule has 2 aromatic carbocycles. The largest absolute Gasteiger partial charge is 0.345 e. The van der Waals surface area contributed by atoms with Crippen molar-refractivity contribution in [3.8, 4) is 0 Å². The lowest BCUT2D eigenvalue weighted by Crippen LogP contribution is -2.48. The first-order valence-corrected chi connectivity index (χ1v) is 9.15. The van der Waals surface area contributed by atoms with E-state index in [1.165, 1.54) is 24.3 Å². The van der Waals surface area contributed by atoms with Gasteiger partial charge in [0.05, 0.1) is 10.2 Å². The summed E-state index contributed by atoms with van der Waals surface area (Å²) in [7, 11) is 0. The maximum Gasteiger partial charge on any atom is 0.253 e. The Hall–Kier alpha value is -2.18. The zero-order chi connectivity index (χ0) is 17.4. The van der Waals surface area contributed by atoms with Gasteiger partial charge in [0.15, 0.2) is 5.13 Å². The van der Waals surface area contributed by atoms with Crippen LogP contribution in [0.1, 0.15) is 10.4 Å². The first-order valence-electron chi connectivity index (χ1n) is 7.96. The van der Waals surface area contributed by atoms with Gasteiger partial charge in [-0.05, 0) is 42.5 Å². The Morgan fingerprint density at radius 2 is 1.80 bits per heavy atom. The van der Waals surface area contributed by atoms with Gasteiger partial charge in [-0.1, -0.05) is 22.9 Å². The summed E-state index contributed by atoms with van der Waals surface area (Å²) in [6.07, 6.45) is 0. The zero-order valence-corrected chi connectivity index (χ0v) is 14.9. The molecule has 0 bridgehead atoms. The Balaban J connectivity index is 1.45. The van der Waals surface area contributed by atoms with Crippen LogP contribution in [0.5, 0.6) is 0 Å². The predicted molar refractivity (Wildman–Crippen MR) is 99.1 cm³/mol. The monoisotopic (exact) mass is 375 g/mol. The molecule has 1 aliphatic heterocycles. The zero-order valence-electron chi connectivity index (χ0n) is 13.3. The summed E-state index contributed by atoms with van der Waals surface area (Å²) in [5, 5.41) is 1.66. The molecule has 3 aromatic rings. The molecule has 0 saturated carbocycles. The van der Waals surface area contributed by atoms with E-state index in [1.54, 1.807) is 16.2 Å². The van der Waals surface area contributed by atoms with Crippen LogP contribution in [0, 0.1) is 5.82 Å².